The Labute approximate surface area is 120 Å². The molecule has 1 aromatic carbocycles. The molecule has 1 aliphatic rings. The molecule has 7 heteroatoms. The zero-order chi connectivity index (χ0) is 13.8. The number of hydrogen-bond donors (Lipinski definition) is 1. The number of hydrogen-bond acceptors (Lipinski definition) is 5. The number of rotatable bonds is 4. The van der Waals surface area contributed by atoms with Gasteiger partial charge < -0.3 is 4.90 Å². The normalized spacial score (nSPS) is 17.6. The predicted octanol–water partition coefficient (Wildman–Crippen LogP) is 1.61. The van der Waals surface area contributed by atoms with E-state index in [0.29, 0.717) is 6.54 Å². The molecule has 0 radical (unpaired) electrons. The van der Waals surface area contributed by atoms with E-state index >= 15 is 0 Å². The van der Waals surface area contributed by atoms with Crippen molar-refractivity contribution in [2.24, 2.45) is 0 Å². The van der Waals surface area contributed by atoms with E-state index in [1.807, 2.05) is 6.07 Å². The van der Waals surface area contributed by atoms with Crippen LogP contribution in [0.5, 0.6) is 0 Å². The lowest BCUT2D eigenvalue weighted by Gasteiger charge is -2.32. The van der Waals surface area contributed by atoms with Gasteiger partial charge in [-0.05, 0) is 18.7 Å². The van der Waals surface area contributed by atoms with Gasteiger partial charge in [-0.3, -0.25) is 15.5 Å². The van der Waals surface area contributed by atoms with Crippen LogP contribution in [0.3, 0.4) is 0 Å². The molecule has 1 N–H and O–H groups in total. The lowest BCUT2D eigenvalue weighted by molar-refractivity contribution is -0.385. The van der Waals surface area contributed by atoms with Gasteiger partial charge in [0.2, 0.25) is 0 Å². The average molecular weight is 329 g/mol. The van der Waals surface area contributed by atoms with Crippen molar-refractivity contribution < 1.29 is 4.92 Å². The van der Waals surface area contributed by atoms with Crippen molar-refractivity contribution in [1.82, 2.24) is 15.3 Å². The molecule has 2 rings (SSSR count). The SMILES string of the molecule is CN1CCN(NCc2cc(Br)cc([N+](=O)[O-])c2)CC1. The molecule has 0 atom stereocenters. The first-order valence-electron chi connectivity index (χ1n) is 6.15. The molecule has 0 spiro atoms. The monoisotopic (exact) mass is 328 g/mol. The van der Waals surface area contributed by atoms with Crippen LogP contribution in [-0.4, -0.2) is 48.1 Å². The number of halogens is 1. The molecule has 0 aromatic heterocycles. The van der Waals surface area contributed by atoms with E-state index in [-0.39, 0.29) is 10.6 Å². The Bertz CT molecular complexity index is 461. The van der Waals surface area contributed by atoms with Crippen molar-refractivity contribution in [2.45, 2.75) is 6.54 Å². The molecule has 0 amide bonds. The second kappa shape index (κ2) is 6.42. The number of hydrazine groups is 1. The first-order valence-corrected chi connectivity index (χ1v) is 6.95. The third-order valence-electron chi connectivity index (χ3n) is 3.16. The van der Waals surface area contributed by atoms with Crippen LogP contribution in [0.15, 0.2) is 22.7 Å². The maximum atomic E-state index is 10.8. The van der Waals surface area contributed by atoms with Crippen molar-refractivity contribution in [3.8, 4) is 0 Å². The summed E-state index contributed by atoms with van der Waals surface area (Å²) >= 11 is 3.30. The summed E-state index contributed by atoms with van der Waals surface area (Å²) in [5, 5.41) is 13.0. The van der Waals surface area contributed by atoms with E-state index < -0.39 is 0 Å². The molecule has 0 saturated carbocycles. The summed E-state index contributed by atoms with van der Waals surface area (Å²) in [4.78, 5) is 12.7. The van der Waals surface area contributed by atoms with Crippen LogP contribution < -0.4 is 5.43 Å². The van der Waals surface area contributed by atoms with Crippen molar-refractivity contribution in [3.63, 3.8) is 0 Å². The zero-order valence-electron chi connectivity index (χ0n) is 10.8. The second-order valence-corrected chi connectivity index (χ2v) is 5.62. The van der Waals surface area contributed by atoms with Crippen LogP contribution in [0.2, 0.25) is 0 Å². The number of nitro benzene ring substituents is 1. The van der Waals surface area contributed by atoms with Gasteiger partial charge in [-0.2, -0.15) is 0 Å². The van der Waals surface area contributed by atoms with E-state index in [9.17, 15) is 10.1 Å². The van der Waals surface area contributed by atoms with Gasteiger partial charge in [-0.25, -0.2) is 5.01 Å². The standard InChI is InChI=1S/C12H17BrN4O2/c1-15-2-4-16(5-3-15)14-9-10-6-11(13)8-12(7-10)17(18)19/h6-8,14H,2-5,9H2,1H3. The van der Waals surface area contributed by atoms with E-state index in [0.717, 1.165) is 36.2 Å². The molecule has 104 valence electrons. The molecule has 1 saturated heterocycles. The molecule has 1 aliphatic heterocycles. The van der Waals surface area contributed by atoms with E-state index in [4.69, 9.17) is 0 Å². The van der Waals surface area contributed by atoms with Crippen LogP contribution >= 0.6 is 15.9 Å². The van der Waals surface area contributed by atoms with E-state index in [1.165, 1.54) is 6.07 Å². The number of likely N-dealkylation sites (N-methyl/N-ethyl adjacent to an activating group) is 1. The summed E-state index contributed by atoms with van der Waals surface area (Å²) in [5.74, 6) is 0. The Balaban J connectivity index is 1.94. The van der Waals surface area contributed by atoms with Crippen LogP contribution in [0.4, 0.5) is 5.69 Å². The Morgan fingerprint density at radius 1 is 1.32 bits per heavy atom. The fourth-order valence-electron chi connectivity index (χ4n) is 2.01. The van der Waals surface area contributed by atoms with Gasteiger partial charge in [-0.15, -0.1) is 0 Å². The third kappa shape index (κ3) is 4.24. The Morgan fingerprint density at radius 3 is 2.63 bits per heavy atom. The number of non-ortho nitro benzene ring substituents is 1. The van der Waals surface area contributed by atoms with Gasteiger partial charge >= 0.3 is 0 Å². The number of benzene rings is 1. The van der Waals surface area contributed by atoms with Crippen molar-refractivity contribution in [2.75, 3.05) is 33.2 Å². The second-order valence-electron chi connectivity index (χ2n) is 4.70. The van der Waals surface area contributed by atoms with Crippen molar-refractivity contribution >= 4 is 21.6 Å². The maximum Gasteiger partial charge on any atom is 0.270 e. The molecule has 19 heavy (non-hydrogen) atoms. The van der Waals surface area contributed by atoms with Crippen LogP contribution in [0.25, 0.3) is 0 Å². The summed E-state index contributed by atoms with van der Waals surface area (Å²) in [6.45, 7) is 4.60. The highest BCUT2D eigenvalue weighted by atomic mass is 79.9. The zero-order valence-corrected chi connectivity index (χ0v) is 12.4. The van der Waals surface area contributed by atoms with Crippen LogP contribution in [0, 0.1) is 10.1 Å². The minimum atomic E-state index is -0.371. The van der Waals surface area contributed by atoms with Crippen molar-refractivity contribution in [1.29, 1.82) is 0 Å². The third-order valence-corrected chi connectivity index (χ3v) is 3.62. The molecule has 1 aromatic rings. The Hall–Kier alpha value is -1.02. The van der Waals surface area contributed by atoms with E-state index in [2.05, 4.69) is 38.3 Å². The quantitative estimate of drug-likeness (QED) is 0.672. The first-order chi connectivity index (χ1) is 9.04. The fraction of sp³-hybridized carbons (Fsp3) is 0.500. The molecular weight excluding hydrogens is 312 g/mol. The summed E-state index contributed by atoms with van der Waals surface area (Å²) in [5.41, 5.74) is 4.33. The van der Waals surface area contributed by atoms with Gasteiger partial charge in [0.1, 0.15) is 0 Å². The minimum Gasteiger partial charge on any atom is -0.304 e. The number of nitrogens with one attached hydrogen (secondary N) is 1. The molecule has 1 fully saturated rings. The number of nitrogens with zero attached hydrogens (tertiary/aromatic N) is 3. The maximum absolute atomic E-state index is 10.8. The average Bonchev–Trinajstić information content (AvgIpc) is 2.37. The van der Waals surface area contributed by atoms with Gasteiger partial charge in [0, 0.05) is 49.3 Å². The largest absolute Gasteiger partial charge is 0.304 e. The number of nitro groups is 1. The number of piperazine rings is 1. The molecular formula is C12H17BrN4O2. The molecule has 0 aliphatic carbocycles. The van der Waals surface area contributed by atoms with Gasteiger partial charge in [-0.1, -0.05) is 15.9 Å². The van der Waals surface area contributed by atoms with Crippen LogP contribution in [0.1, 0.15) is 5.56 Å². The summed E-state index contributed by atoms with van der Waals surface area (Å²) in [6, 6.07) is 5.02. The molecule has 0 unspecified atom stereocenters. The minimum absolute atomic E-state index is 0.115. The Morgan fingerprint density at radius 2 is 2.00 bits per heavy atom. The summed E-state index contributed by atoms with van der Waals surface area (Å²) in [7, 11) is 2.11. The fourth-order valence-corrected chi connectivity index (χ4v) is 2.54. The highest BCUT2D eigenvalue weighted by molar-refractivity contribution is 9.10. The smallest absolute Gasteiger partial charge is 0.270 e. The lowest BCUT2D eigenvalue weighted by atomic mass is 10.2. The highest BCUT2D eigenvalue weighted by Crippen LogP contribution is 2.21. The predicted molar refractivity (Wildman–Crippen MR) is 76.7 cm³/mol. The highest BCUT2D eigenvalue weighted by Gasteiger charge is 2.14. The molecule has 6 nitrogen and oxygen atoms in total. The van der Waals surface area contributed by atoms with Gasteiger partial charge in [0.05, 0.1) is 4.92 Å². The lowest BCUT2D eigenvalue weighted by Crippen LogP contribution is -2.50. The first kappa shape index (κ1) is 14.4. The Kier molecular flexibility index (Phi) is 4.87. The summed E-state index contributed by atoms with van der Waals surface area (Å²) < 4.78 is 0.733. The molecule has 1 heterocycles. The van der Waals surface area contributed by atoms with Gasteiger partial charge in [0.15, 0.2) is 0 Å². The molecule has 0 bridgehead atoms. The van der Waals surface area contributed by atoms with Crippen molar-refractivity contribution in [3.05, 3.63) is 38.3 Å². The topological polar surface area (TPSA) is 61.6 Å². The van der Waals surface area contributed by atoms with Gasteiger partial charge in [0.25, 0.3) is 5.69 Å². The van der Waals surface area contributed by atoms with Crippen LogP contribution in [-0.2, 0) is 6.54 Å². The summed E-state index contributed by atoms with van der Waals surface area (Å²) in [6.07, 6.45) is 0. The van der Waals surface area contributed by atoms with E-state index in [1.54, 1.807) is 6.07 Å².